The number of rotatable bonds is 5. The Morgan fingerprint density at radius 1 is 1.06 bits per heavy atom. The van der Waals surface area contributed by atoms with Gasteiger partial charge in [0.05, 0.1) is 29.3 Å². The van der Waals surface area contributed by atoms with Gasteiger partial charge in [0.1, 0.15) is 18.0 Å². The van der Waals surface area contributed by atoms with Crippen LogP contribution in [0.1, 0.15) is 0 Å². The lowest BCUT2D eigenvalue weighted by Crippen LogP contribution is -2.49. The topological polar surface area (TPSA) is 63.5 Å². The summed E-state index contributed by atoms with van der Waals surface area (Å²) in [7, 11) is 1.69. The monoisotopic (exact) mass is 433 g/mol. The molecule has 158 valence electrons. The van der Waals surface area contributed by atoms with Crippen molar-refractivity contribution in [2.45, 2.75) is 6.54 Å². The number of methoxy groups -OCH3 is 1. The molecule has 1 amide bonds. The molecule has 0 N–H and O–H groups in total. The maximum atomic E-state index is 13.2. The van der Waals surface area contributed by atoms with Gasteiger partial charge in [0, 0.05) is 31.6 Å². The molecule has 0 aliphatic carbocycles. The lowest BCUT2D eigenvalue weighted by molar-refractivity contribution is -0.132. The molecule has 2 aromatic heterocycles. The van der Waals surface area contributed by atoms with E-state index in [1.54, 1.807) is 12.6 Å². The molecule has 8 heteroatoms. The highest BCUT2D eigenvalue weighted by Gasteiger charge is 2.24. The third kappa shape index (κ3) is 3.74. The van der Waals surface area contributed by atoms with E-state index in [9.17, 15) is 4.79 Å². The van der Waals surface area contributed by atoms with Gasteiger partial charge >= 0.3 is 0 Å². The number of benzene rings is 2. The van der Waals surface area contributed by atoms with Crippen LogP contribution >= 0.6 is 11.3 Å². The molecule has 0 spiro atoms. The van der Waals surface area contributed by atoms with Gasteiger partial charge in [0.2, 0.25) is 5.91 Å². The minimum Gasteiger partial charge on any atom is -0.495 e. The number of aromatic nitrogens is 3. The van der Waals surface area contributed by atoms with Crippen molar-refractivity contribution in [3.8, 4) is 17.3 Å². The number of imidazole rings is 1. The van der Waals surface area contributed by atoms with Crippen molar-refractivity contribution >= 4 is 34.0 Å². The van der Waals surface area contributed by atoms with E-state index in [-0.39, 0.29) is 12.5 Å². The van der Waals surface area contributed by atoms with Crippen LogP contribution in [0.3, 0.4) is 0 Å². The Bertz CT molecular complexity index is 1200. The van der Waals surface area contributed by atoms with Crippen LogP contribution in [0.5, 0.6) is 5.75 Å². The molecule has 1 fully saturated rings. The maximum absolute atomic E-state index is 13.2. The molecular formula is C23H23N5O2S. The van der Waals surface area contributed by atoms with E-state index < -0.39 is 0 Å². The summed E-state index contributed by atoms with van der Waals surface area (Å²) in [4.78, 5) is 26.6. The van der Waals surface area contributed by atoms with Gasteiger partial charge in [-0.1, -0.05) is 24.3 Å². The molecule has 1 saturated heterocycles. The third-order valence-electron chi connectivity index (χ3n) is 5.67. The average molecular weight is 434 g/mol. The molecule has 31 heavy (non-hydrogen) atoms. The number of carbonyl (C=O) groups excluding carboxylic acids is 1. The fourth-order valence-corrected chi connectivity index (χ4v) is 4.61. The smallest absolute Gasteiger partial charge is 0.242 e. The summed E-state index contributed by atoms with van der Waals surface area (Å²) in [5.41, 5.74) is 5.49. The van der Waals surface area contributed by atoms with Gasteiger partial charge in [-0.3, -0.25) is 4.79 Å². The van der Waals surface area contributed by atoms with E-state index in [1.807, 2.05) is 57.3 Å². The summed E-state index contributed by atoms with van der Waals surface area (Å²) in [5, 5.41) is 1.97. The van der Waals surface area contributed by atoms with Crippen molar-refractivity contribution in [2.24, 2.45) is 0 Å². The van der Waals surface area contributed by atoms with E-state index in [2.05, 4.69) is 16.0 Å². The summed E-state index contributed by atoms with van der Waals surface area (Å²) in [5.74, 6) is 1.70. The maximum Gasteiger partial charge on any atom is 0.242 e. The number of hydrogen-bond acceptors (Lipinski definition) is 6. The van der Waals surface area contributed by atoms with Gasteiger partial charge in [0.25, 0.3) is 0 Å². The zero-order valence-electron chi connectivity index (χ0n) is 17.3. The Balaban J connectivity index is 1.34. The molecule has 1 aliphatic rings. The zero-order chi connectivity index (χ0) is 21.2. The van der Waals surface area contributed by atoms with Crippen LogP contribution in [-0.4, -0.2) is 58.6 Å². The molecule has 0 saturated carbocycles. The Kier molecular flexibility index (Phi) is 5.30. The molecule has 4 aromatic rings. The largest absolute Gasteiger partial charge is 0.495 e. The minimum atomic E-state index is 0.0966. The Morgan fingerprint density at radius 3 is 2.61 bits per heavy atom. The fraction of sp³-hybridized carbons (Fsp3) is 0.261. The second-order valence-corrected chi connectivity index (χ2v) is 8.14. The van der Waals surface area contributed by atoms with Gasteiger partial charge < -0.3 is 19.1 Å². The summed E-state index contributed by atoms with van der Waals surface area (Å²) in [6.07, 6.45) is 0. The van der Waals surface area contributed by atoms with Gasteiger partial charge in [-0.2, -0.15) is 0 Å². The van der Waals surface area contributed by atoms with Crippen molar-refractivity contribution in [1.29, 1.82) is 0 Å². The van der Waals surface area contributed by atoms with Crippen LogP contribution in [0, 0.1) is 0 Å². The number of piperazine rings is 1. The van der Waals surface area contributed by atoms with E-state index in [1.165, 1.54) is 11.3 Å². The number of amides is 1. The first-order valence-corrected chi connectivity index (χ1v) is 11.2. The summed E-state index contributed by atoms with van der Waals surface area (Å²) >= 11 is 1.53. The molecule has 0 atom stereocenters. The van der Waals surface area contributed by atoms with E-state index in [0.717, 1.165) is 47.1 Å². The SMILES string of the molecule is COc1ccccc1N1CCN(C(=O)Cn2c(-c3cscn3)nc3ccccc32)CC1. The van der Waals surface area contributed by atoms with Crippen molar-refractivity contribution in [1.82, 2.24) is 19.4 Å². The lowest BCUT2D eigenvalue weighted by atomic mass is 10.2. The highest BCUT2D eigenvalue weighted by atomic mass is 32.1. The normalized spacial score (nSPS) is 14.2. The third-order valence-corrected chi connectivity index (χ3v) is 6.25. The number of thiazole rings is 1. The Morgan fingerprint density at radius 2 is 1.84 bits per heavy atom. The van der Waals surface area contributed by atoms with Gasteiger partial charge in [-0.25, -0.2) is 9.97 Å². The molecule has 7 nitrogen and oxygen atoms in total. The fourth-order valence-electron chi connectivity index (χ4n) is 4.08. The van der Waals surface area contributed by atoms with Crippen molar-refractivity contribution < 1.29 is 9.53 Å². The summed E-state index contributed by atoms with van der Waals surface area (Å²) in [6.45, 7) is 3.15. The van der Waals surface area contributed by atoms with Crippen molar-refractivity contribution in [3.63, 3.8) is 0 Å². The highest BCUT2D eigenvalue weighted by molar-refractivity contribution is 7.07. The summed E-state index contributed by atoms with van der Waals surface area (Å²) < 4.78 is 7.48. The second kappa shape index (κ2) is 8.39. The Labute approximate surface area is 184 Å². The predicted molar refractivity (Wildman–Crippen MR) is 123 cm³/mol. The molecule has 5 rings (SSSR count). The number of carbonyl (C=O) groups is 1. The van der Waals surface area contributed by atoms with Crippen LogP contribution in [0.25, 0.3) is 22.6 Å². The Hall–Kier alpha value is -3.39. The number of ether oxygens (including phenoxy) is 1. The first-order chi connectivity index (χ1) is 15.2. The number of anilines is 1. The number of nitrogens with zero attached hydrogens (tertiary/aromatic N) is 5. The number of hydrogen-bond donors (Lipinski definition) is 0. The molecular weight excluding hydrogens is 410 g/mol. The first kappa shape index (κ1) is 19.6. The number of fused-ring (bicyclic) bond motifs is 1. The molecule has 0 radical (unpaired) electrons. The predicted octanol–water partition coefficient (Wildman–Crippen LogP) is 3.52. The van der Waals surface area contributed by atoms with Crippen LogP contribution in [-0.2, 0) is 11.3 Å². The van der Waals surface area contributed by atoms with Gasteiger partial charge in [-0.05, 0) is 24.3 Å². The molecule has 1 aliphatic heterocycles. The minimum absolute atomic E-state index is 0.0966. The van der Waals surface area contributed by atoms with Crippen LogP contribution < -0.4 is 9.64 Å². The van der Waals surface area contributed by atoms with Gasteiger partial charge in [-0.15, -0.1) is 11.3 Å². The standard InChI is InChI=1S/C23H23N5O2S/c1-30-21-9-5-4-8-20(21)26-10-12-27(13-11-26)22(29)14-28-19-7-3-2-6-17(19)25-23(28)18-15-31-16-24-18/h2-9,15-16H,10-14H2,1H3. The van der Waals surface area contributed by atoms with Crippen molar-refractivity contribution in [2.75, 3.05) is 38.2 Å². The van der Waals surface area contributed by atoms with Crippen LogP contribution in [0.2, 0.25) is 0 Å². The molecule has 0 unspecified atom stereocenters. The van der Waals surface area contributed by atoms with E-state index in [0.29, 0.717) is 13.1 Å². The second-order valence-electron chi connectivity index (χ2n) is 7.42. The zero-order valence-corrected chi connectivity index (χ0v) is 18.1. The average Bonchev–Trinajstić information content (AvgIpc) is 3.47. The first-order valence-electron chi connectivity index (χ1n) is 10.2. The van der Waals surface area contributed by atoms with Gasteiger partial charge in [0.15, 0.2) is 5.82 Å². The van der Waals surface area contributed by atoms with E-state index >= 15 is 0 Å². The lowest BCUT2D eigenvalue weighted by Gasteiger charge is -2.36. The van der Waals surface area contributed by atoms with Crippen molar-refractivity contribution in [3.05, 3.63) is 59.4 Å². The number of para-hydroxylation sites is 4. The van der Waals surface area contributed by atoms with E-state index in [4.69, 9.17) is 9.72 Å². The molecule has 3 heterocycles. The summed E-state index contributed by atoms with van der Waals surface area (Å²) in [6, 6.07) is 15.9. The van der Waals surface area contributed by atoms with Crippen LogP contribution in [0.15, 0.2) is 59.4 Å². The molecule has 2 aromatic carbocycles. The van der Waals surface area contributed by atoms with Crippen LogP contribution in [0.4, 0.5) is 5.69 Å². The molecule has 0 bridgehead atoms. The highest BCUT2D eigenvalue weighted by Crippen LogP contribution is 2.29. The quantitative estimate of drug-likeness (QED) is 0.482.